The van der Waals surface area contributed by atoms with E-state index in [2.05, 4.69) is 6.92 Å². The van der Waals surface area contributed by atoms with Crippen LogP contribution in [0.4, 0.5) is 0 Å². The summed E-state index contributed by atoms with van der Waals surface area (Å²) in [4.78, 5) is 43.4. The standard InChI is InChI=1S/C22H30O5.C4H6O4.2K.2Na.2H/c1-12-8-14(24)9-13-4-5-15-16-6-7-22(27,18(26)11-23)20(16,2)10-17(25)19(15)21(12,13)3;5-3(6)1-2-4(7)8;;;;;;/h8-9,15-17,19,23,25,27H,4-7,10-11H2,1-3H3;1-2H2,(H,5,6)(H,7,8);;;;;;/q;;4*+1;2*-1/p-2/t15?,16?,17?,19?,20-,21-,22-;;;;;;;/m0......./s1. The summed E-state index contributed by atoms with van der Waals surface area (Å²) < 4.78 is 0. The van der Waals surface area contributed by atoms with Crippen molar-refractivity contribution in [3.05, 3.63) is 23.3 Å². The summed E-state index contributed by atoms with van der Waals surface area (Å²) in [6.07, 6.45) is 4.89. The first-order chi connectivity index (χ1) is 16.2. The zero-order chi connectivity index (χ0) is 26.3. The number of carboxylic acid groups (broad SMARTS) is 2. The molecule has 0 saturated heterocycles. The second-order valence-electron chi connectivity index (χ2n) is 10.8. The average molecular weight is 617 g/mol. The Balaban J connectivity index is -0.000000436. The van der Waals surface area contributed by atoms with E-state index >= 15 is 0 Å². The number of rotatable bonds is 5. The number of carbonyl (C=O) groups is 4. The van der Waals surface area contributed by atoms with Crippen molar-refractivity contribution >= 4 is 23.5 Å². The number of carboxylic acids is 2. The molecule has 0 aromatic heterocycles. The summed E-state index contributed by atoms with van der Waals surface area (Å²) >= 11 is 0. The van der Waals surface area contributed by atoms with Gasteiger partial charge in [0.05, 0.1) is 6.10 Å². The third-order valence-electron chi connectivity index (χ3n) is 9.32. The molecule has 0 radical (unpaired) electrons. The van der Waals surface area contributed by atoms with Crippen molar-refractivity contribution in [2.45, 2.75) is 77.4 Å². The van der Waals surface area contributed by atoms with E-state index in [-0.39, 0.29) is 194 Å². The fourth-order valence-corrected chi connectivity index (χ4v) is 7.48. The van der Waals surface area contributed by atoms with Crippen LogP contribution in [-0.4, -0.2) is 57.1 Å². The Hall–Kier alpha value is 2.91. The van der Waals surface area contributed by atoms with Gasteiger partial charge >= 0.3 is 162 Å². The largest absolute Gasteiger partial charge is 1.00 e. The minimum Gasteiger partial charge on any atom is -1.00 e. The number of aliphatic hydroxyl groups is 3. The van der Waals surface area contributed by atoms with Crippen LogP contribution in [0.1, 0.15) is 68.6 Å². The maximum Gasteiger partial charge on any atom is 1.00 e. The molecule has 198 valence electrons. The molecular weight excluding hydrogens is 580 g/mol. The number of aliphatic hydroxyl groups excluding tert-OH is 2. The van der Waals surface area contributed by atoms with Gasteiger partial charge in [0.1, 0.15) is 12.2 Å². The second-order valence-corrected chi connectivity index (χ2v) is 10.8. The molecule has 4 aliphatic rings. The fourth-order valence-electron chi connectivity index (χ4n) is 7.48. The second kappa shape index (κ2) is 17.6. The Morgan fingerprint density at radius 3 is 2.08 bits per heavy atom. The predicted octanol–water partition coefficient (Wildman–Crippen LogP) is -12.5. The normalized spacial score (nSPS) is 35.6. The van der Waals surface area contributed by atoms with Gasteiger partial charge in [-0.05, 0) is 75.9 Å². The van der Waals surface area contributed by atoms with Crippen molar-refractivity contribution in [1.82, 2.24) is 0 Å². The molecule has 0 aliphatic heterocycles. The van der Waals surface area contributed by atoms with Gasteiger partial charge in [-0.1, -0.05) is 25.0 Å². The molecule has 39 heavy (non-hydrogen) atoms. The predicted molar refractivity (Wildman–Crippen MR) is 121 cm³/mol. The summed E-state index contributed by atoms with van der Waals surface area (Å²) in [6.45, 7) is 5.37. The average Bonchev–Trinajstić information content (AvgIpc) is 3.04. The maximum atomic E-state index is 12.4. The molecule has 7 atom stereocenters. The van der Waals surface area contributed by atoms with E-state index in [1.165, 1.54) is 0 Å². The Bertz CT molecular complexity index is 1000. The number of ketones is 2. The molecule has 0 aromatic carbocycles. The molecule has 9 nitrogen and oxygen atoms in total. The van der Waals surface area contributed by atoms with E-state index in [4.69, 9.17) is 0 Å². The minimum atomic E-state index is -1.57. The molecule has 13 heteroatoms. The first-order valence-electron chi connectivity index (χ1n) is 12.1. The van der Waals surface area contributed by atoms with Crippen LogP contribution in [0.25, 0.3) is 0 Å². The van der Waals surface area contributed by atoms with Crippen LogP contribution in [0.3, 0.4) is 0 Å². The zero-order valence-corrected chi connectivity index (χ0v) is 34.7. The van der Waals surface area contributed by atoms with Gasteiger partial charge in [-0.3, -0.25) is 9.59 Å². The van der Waals surface area contributed by atoms with Crippen LogP contribution in [-0.2, 0) is 19.2 Å². The first-order valence-corrected chi connectivity index (χ1v) is 12.1. The van der Waals surface area contributed by atoms with E-state index in [0.29, 0.717) is 12.8 Å². The Morgan fingerprint density at radius 2 is 1.59 bits per heavy atom. The molecular formula is C26H36K2Na2O9. The van der Waals surface area contributed by atoms with E-state index in [0.717, 1.165) is 30.4 Å². The fraction of sp³-hybridized carbons (Fsp3) is 0.692. The SMILES string of the molecule is CC1=CC(=O)C=C2CCC3C(C(O)C[C@@]4(C)C3CC[C@]4(O)C(=O)CO)[C@@]12C.O=C([O-])CCC(=O)[O-].[H-].[H-].[K+].[K+].[Na+].[Na+]. The quantitative estimate of drug-likeness (QED) is 0.253. The van der Waals surface area contributed by atoms with Crippen molar-refractivity contribution in [3.8, 4) is 0 Å². The zero-order valence-electron chi connectivity index (χ0n) is 26.4. The number of hydrogen-bond donors (Lipinski definition) is 3. The molecule has 0 aromatic rings. The number of Topliss-reactive ketones (excluding diaryl/α,β-unsaturated/α-hetero) is 1. The van der Waals surface area contributed by atoms with Crippen molar-refractivity contribution in [2.24, 2.45) is 28.6 Å². The van der Waals surface area contributed by atoms with Gasteiger partial charge in [-0.25, -0.2) is 0 Å². The third kappa shape index (κ3) is 8.59. The topological polar surface area (TPSA) is 175 Å². The molecule has 3 saturated carbocycles. The summed E-state index contributed by atoms with van der Waals surface area (Å²) in [6, 6.07) is 0. The monoisotopic (exact) mass is 616 g/mol. The van der Waals surface area contributed by atoms with Gasteiger partial charge in [-0.2, -0.15) is 0 Å². The van der Waals surface area contributed by atoms with E-state index in [1.54, 1.807) is 12.2 Å². The van der Waals surface area contributed by atoms with Crippen LogP contribution in [0.15, 0.2) is 23.3 Å². The summed E-state index contributed by atoms with van der Waals surface area (Å²) in [7, 11) is 0. The Morgan fingerprint density at radius 1 is 1.05 bits per heavy atom. The smallest absolute Gasteiger partial charge is 1.00 e. The van der Waals surface area contributed by atoms with Crippen molar-refractivity contribution in [2.75, 3.05) is 6.61 Å². The molecule has 0 amide bonds. The van der Waals surface area contributed by atoms with Crippen molar-refractivity contribution in [1.29, 1.82) is 0 Å². The molecule has 3 N–H and O–H groups in total. The first kappa shape index (κ1) is 44.0. The van der Waals surface area contributed by atoms with Crippen LogP contribution in [0.5, 0.6) is 0 Å². The van der Waals surface area contributed by atoms with Crippen LogP contribution in [0, 0.1) is 28.6 Å². The number of fused-ring (bicyclic) bond motifs is 5. The summed E-state index contributed by atoms with van der Waals surface area (Å²) in [5.41, 5.74) is -0.534. The summed E-state index contributed by atoms with van der Waals surface area (Å²) in [5, 5.41) is 50.9. The van der Waals surface area contributed by atoms with Gasteiger partial charge in [0, 0.05) is 28.7 Å². The van der Waals surface area contributed by atoms with E-state index in [9.17, 15) is 44.7 Å². The molecule has 4 rings (SSSR count). The van der Waals surface area contributed by atoms with Gasteiger partial charge < -0.3 is 38.0 Å². The van der Waals surface area contributed by atoms with Crippen LogP contribution >= 0.6 is 0 Å². The maximum absolute atomic E-state index is 12.4. The van der Waals surface area contributed by atoms with Gasteiger partial charge in [0.15, 0.2) is 11.6 Å². The molecule has 0 heterocycles. The molecule has 0 bridgehead atoms. The molecule has 4 unspecified atom stereocenters. The third-order valence-corrected chi connectivity index (χ3v) is 9.32. The number of aliphatic carboxylic acids is 2. The van der Waals surface area contributed by atoms with Crippen molar-refractivity contribution < 1.29 is 209 Å². The van der Waals surface area contributed by atoms with Gasteiger partial charge in [0.2, 0.25) is 0 Å². The van der Waals surface area contributed by atoms with E-state index in [1.807, 2.05) is 13.8 Å². The molecule has 0 spiro atoms. The number of allylic oxidation sites excluding steroid dienone is 4. The molecule has 4 aliphatic carbocycles. The van der Waals surface area contributed by atoms with Gasteiger partial charge in [0.25, 0.3) is 0 Å². The minimum absolute atomic E-state index is 0. The van der Waals surface area contributed by atoms with Crippen LogP contribution < -0.4 is 172 Å². The van der Waals surface area contributed by atoms with Crippen molar-refractivity contribution in [3.63, 3.8) is 0 Å². The van der Waals surface area contributed by atoms with E-state index < -0.39 is 54.3 Å². The summed E-state index contributed by atoms with van der Waals surface area (Å²) in [5.74, 6) is -2.96. The van der Waals surface area contributed by atoms with Crippen LogP contribution in [0.2, 0.25) is 0 Å². The van der Waals surface area contributed by atoms with Gasteiger partial charge in [-0.15, -0.1) is 0 Å². The molecule has 3 fully saturated rings. The number of carbonyl (C=O) groups excluding carboxylic acids is 4. The Labute approximate surface area is 362 Å². The number of hydrogen-bond acceptors (Lipinski definition) is 9. The Kier molecular flexibility index (Phi) is 19.8.